The minimum absolute atomic E-state index is 0.0250. The lowest BCUT2D eigenvalue weighted by atomic mass is 9.72. The van der Waals surface area contributed by atoms with Crippen LogP contribution in [0, 0.1) is 26.9 Å². The molecule has 2 saturated heterocycles. The van der Waals surface area contributed by atoms with Crippen LogP contribution in [0.1, 0.15) is 81.6 Å². The topological polar surface area (TPSA) is 126 Å². The van der Waals surface area contributed by atoms with E-state index in [0.29, 0.717) is 37.3 Å². The highest BCUT2D eigenvalue weighted by molar-refractivity contribution is 6.11. The Balaban J connectivity index is 1.02. The van der Waals surface area contributed by atoms with Crippen molar-refractivity contribution in [2.45, 2.75) is 77.8 Å². The number of benzene rings is 2. The van der Waals surface area contributed by atoms with Crippen molar-refractivity contribution in [3.05, 3.63) is 93.3 Å². The number of halogens is 3. The van der Waals surface area contributed by atoms with E-state index in [1.807, 2.05) is 31.2 Å². The third-order valence-electron chi connectivity index (χ3n) is 13.3. The van der Waals surface area contributed by atoms with Gasteiger partial charge < -0.3 is 24.7 Å². The molecule has 0 radical (unpaired) electrons. The van der Waals surface area contributed by atoms with Crippen LogP contribution in [0.5, 0.6) is 11.5 Å². The van der Waals surface area contributed by atoms with Gasteiger partial charge in [-0.05, 0) is 79.8 Å². The Bertz CT molecular complexity index is 2250. The molecule has 2 aliphatic heterocycles. The molecule has 2 atom stereocenters. The van der Waals surface area contributed by atoms with Crippen LogP contribution >= 0.6 is 0 Å². The van der Waals surface area contributed by atoms with Crippen molar-refractivity contribution in [1.82, 2.24) is 14.9 Å². The van der Waals surface area contributed by atoms with Crippen molar-refractivity contribution in [3.63, 3.8) is 0 Å². The summed E-state index contributed by atoms with van der Waals surface area (Å²) in [6.45, 7) is 10.6. The SMILES string of the molecule is CCC1(C(F)F)CC1C1=C(CN2CCN(c3ccc(C(=O)c4ccc(NCC5(F)CCOCC5)c([N+](=O)[O-])c4)c(Oc4cnc5[nH]ccc5c4)c3)CC2)CCC(C)(C)C1. The fourth-order valence-corrected chi connectivity index (χ4v) is 9.32. The van der Waals surface area contributed by atoms with Crippen molar-refractivity contribution < 1.29 is 32.4 Å². The molecule has 2 unspecified atom stereocenters. The number of carbonyl (C=O) groups is 1. The fraction of sp³-hybridized carbons (Fsp3) is 0.511. The van der Waals surface area contributed by atoms with Gasteiger partial charge in [-0.1, -0.05) is 31.9 Å². The second kappa shape index (κ2) is 16.2. The van der Waals surface area contributed by atoms with Gasteiger partial charge in [0.05, 0.1) is 16.7 Å². The van der Waals surface area contributed by atoms with Crippen molar-refractivity contribution in [3.8, 4) is 11.5 Å². The van der Waals surface area contributed by atoms with E-state index in [1.165, 1.54) is 29.3 Å². The lowest BCUT2D eigenvalue weighted by Gasteiger charge is -2.39. The Morgan fingerprint density at radius 1 is 1.08 bits per heavy atom. The van der Waals surface area contributed by atoms with Crippen molar-refractivity contribution in [2.75, 3.05) is 62.7 Å². The Morgan fingerprint density at radius 2 is 1.86 bits per heavy atom. The maximum atomic E-state index is 15.3. The molecule has 1 saturated carbocycles. The average molecular weight is 815 g/mol. The lowest BCUT2D eigenvalue weighted by Crippen LogP contribution is -2.47. The standard InChI is InChI=1S/C45H53F3N6O5/c1-4-45(42(46)47)25-36(45)35-24-43(2,3)11-9-31(35)27-52-15-17-53(18-16-52)32-6-7-34(39(23-32)59-33-21-30-10-14-49-41(30)50-26-33)40(55)29-5-8-37(38(22-29)54(56)57)51-28-44(48)12-19-58-20-13-44/h5-8,10,14,21-23,26,36,42,51H,4,9,11-13,15-20,24-25,27-28H2,1-3H3,(H,49,50). The van der Waals surface area contributed by atoms with E-state index in [2.05, 4.69) is 38.9 Å². The van der Waals surface area contributed by atoms with Gasteiger partial charge in [-0.25, -0.2) is 18.2 Å². The number of pyridine rings is 1. The molecule has 0 spiro atoms. The van der Waals surface area contributed by atoms with Gasteiger partial charge in [0.1, 0.15) is 28.5 Å². The largest absolute Gasteiger partial charge is 0.455 e. The van der Waals surface area contributed by atoms with E-state index in [-0.39, 0.29) is 72.2 Å². The quantitative estimate of drug-likeness (QED) is 0.0554. The number of aromatic amines is 1. The van der Waals surface area contributed by atoms with E-state index >= 15 is 4.39 Å². The number of carbonyl (C=O) groups excluding carboxylic acids is 1. The van der Waals surface area contributed by atoms with E-state index in [4.69, 9.17) is 9.47 Å². The summed E-state index contributed by atoms with van der Waals surface area (Å²) in [6, 6.07) is 13.3. The Kier molecular flexibility index (Phi) is 11.2. The molecule has 3 fully saturated rings. The number of ether oxygens (including phenoxy) is 2. The lowest BCUT2D eigenvalue weighted by molar-refractivity contribution is -0.384. The summed E-state index contributed by atoms with van der Waals surface area (Å²) in [5, 5.41) is 15.9. The number of hydrogen-bond donors (Lipinski definition) is 2. The number of H-pyrrole nitrogens is 1. The van der Waals surface area contributed by atoms with Gasteiger partial charge in [0.2, 0.25) is 6.43 Å². The first kappa shape index (κ1) is 40.8. The number of hydrogen-bond acceptors (Lipinski definition) is 9. The maximum Gasteiger partial charge on any atom is 0.293 e. The molecule has 11 nitrogen and oxygen atoms in total. The molecule has 2 N–H and O–H groups in total. The van der Waals surface area contributed by atoms with Crippen LogP contribution in [0.15, 0.2) is 72.1 Å². The third-order valence-corrected chi connectivity index (χ3v) is 13.3. The second-order valence-corrected chi connectivity index (χ2v) is 17.7. The molecule has 314 valence electrons. The van der Waals surface area contributed by atoms with E-state index in [9.17, 15) is 23.7 Å². The number of aromatic nitrogens is 2. The Hall–Kier alpha value is -4.95. The number of allylic oxidation sites excluding steroid dienone is 1. The highest BCUT2D eigenvalue weighted by atomic mass is 19.3. The van der Waals surface area contributed by atoms with Gasteiger partial charge in [-0.3, -0.25) is 19.8 Å². The molecule has 14 heteroatoms. The zero-order valence-corrected chi connectivity index (χ0v) is 34.0. The molecule has 8 rings (SSSR count). The minimum atomic E-state index is -2.30. The number of piperazine rings is 1. The predicted molar refractivity (Wildman–Crippen MR) is 222 cm³/mol. The van der Waals surface area contributed by atoms with E-state index in [1.54, 1.807) is 18.5 Å². The first-order chi connectivity index (χ1) is 28.3. The van der Waals surface area contributed by atoms with Crippen LogP contribution in [0.4, 0.5) is 30.2 Å². The Labute approximate surface area is 342 Å². The zero-order chi connectivity index (χ0) is 41.5. The van der Waals surface area contributed by atoms with Crippen LogP contribution in [-0.4, -0.2) is 90.2 Å². The third kappa shape index (κ3) is 8.57. The van der Waals surface area contributed by atoms with Crippen molar-refractivity contribution in [1.29, 1.82) is 0 Å². The van der Waals surface area contributed by atoms with Gasteiger partial charge in [-0.2, -0.15) is 0 Å². The van der Waals surface area contributed by atoms with Crippen LogP contribution in [0.3, 0.4) is 0 Å². The number of anilines is 2. The number of rotatable bonds is 14. The number of nitro groups is 1. The van der Waals surface area contributed by atoms with Crippen molar-refractivity contribution >= 4 is 33.9 Å². The van der Waals surface area contributed by atoms with Crippen LogP contribution < -0.4 is 15.0 Å². The average Bonchev–Trinajstić information content (AvgIpc) is 3.81. The highest BCUT2D eigenvalue weighted by Gasteiger charge is 2.61. The molecule has 4 aromatic rings. The number of ketones is 1. The zero-order valence-electron chi connectivity index (χ0n) is 34.0. The summed E-state index contributed by atoms with van der Waals surface area (Å²) in [7, 11) is 0. The molecular weight excluding hydrogens is 762 g/mol. The summed E-state index contributed by atoms with van der Waals surface area (Å²) in [5.74, 6) is 0.199. The molecule has 0 amide bonds. The van der Waals surface area contributed by atoms with Gasteiger partial charge in [0.15, 0.2) is 5.78 Å². The van der Waals surface area contributed by atoms with E-state index in [0.717, 1.165) is 50.0 Å². The monoisotopic (exact) mass is 814 g/mol. The minimum Gasteiger partial charge on any atom is -0.455 e. The van der Waals surface area contributed by atoms with Gasteiger partial charge >= 0.3 is 0 Å². The fourth-order valence-electron chi connectivity index (χ4n) is 9.32. The normalized spacial score (nSPS) is 23.1. The number of alkyl halides is 3. The number of nitrogens with one attached hydrogen (secondary N) is 2. The van der Waals surface area contributed by atoms with E-state index < -0.39 is 28.2 Å². The first-order valence-corrected chi connectivity index (χ1v) is 20.8. The smallest absolute Gasteiger partial charge is 0.293 e. The van der Waals surface area contributed by atoms with Gasteiger partial charge in [0, 0.05) is 106 Å². The number of fused-ring (bicyclic) bond motifs is 1. The molecule has 4 aliphatic rings. The summed E-state index contributed by atoms with van der Waals surface area (Å²) in [5.41, 5.74) is 1.95. The molecule has 4 heterocycles. The van der Waals surface area contributed by atoms with Gasteiger partial charge in [-0.15, -0.1) is 0 Å². The number of nitrogens with zero attached hydrogens (tertiary/aromatic N) is 4. The number of nitro benzene ring substituents is 1. The van der Waals surface area contributed by atoms with Crippen LogP contribution in [0.2, 0.25) is 0 Å². The summed E-state index contributed by atoms with van der Waals surface area (Å²) in [4.78, 5) is 38.0. The van der Waals surface area contributed by atoms with Crippen molar-refractivity contribution in [2.24, 2.45) is 16.7 Å². The Morgan fingerprint density at radius 3 is 2.58 bits per heavy atom. The first-order valence-electron chi connectivity index (χ1n) is 20.8. The summed E-state index contributed by atoms with van der Waals surface area (Å²) in [6.07, 6.45) is 5.38. The summed E-state index contributed by atoms with van der Waals surface area (Å²) >= 11 is 0. The molecule has 2 aromatic heterocycles. The maximum absolute atomic E-state index is 15.3. The molecular formula is C45H53F3N6O5. The van der Waals surface area contributed by atoms with Crippen LogP contribution in [0.25, 0.3) is 11.0 Å². The van der Waals surface area contributed by atoms with Gasteiger partial charge in [0.25, 0.3) is 5.69 Å². The highest BCUT2D eigenvalue weighted by Crippen LogP contribution is 2.65. The molecule has 2 aliphatic carbocycles. The second-order valence-electron chi connectivity index (χ2n) is 17.7. The molecule has 2 aromatic carbocycles. The molecule has 59 heavy (non-hydrogen) atoms. The summed E-state index contributed by atoms with van der Waals surface area (Å²) < 4.78 is 55.5. The van der Waals surface area contributed by atoms with Crippen LogP contribution in [-0.2, 0) is 4.74 Å². The predicted octanol–water partition coefficient (Wildman–Crippen LogP) is 9.74. The molecule has 0 bridgehead atoms.